The fourth-order valence-corrected chi connectivity index (χ4v) is 5.80. The van der Waals surface area contributed by atoms with Crippen LogP contribution < -0.4 is 4.90 Å². The van der Waals surface area contributed by atoms with Gasteiger partial charge in [0.15, 0.2) is 0 Å². The average Bonchev–Trinajstić information content (AvgIpc) is 2.87. The van der Waals surface area contributed by atoms with E-state index < -0.39 is 10.0 Å². The standard InChI is InChI=1S/C22H26N2O3S/c1-17-15-18-9-4-5-12-21(18)24(17)22(25)19-10-8-11-20(16-19)28(26,27)23-13-6-2-3-7-14-23/h4-5,8-12,16-17H,2-3,6-7,13-15H2,1H3. The first-order chi connectivity index (χ1) is 13.5. The SMILES string of the molecule is CC1Cc2ccccc2N1C(=O)c1cccc(S(=O)(=O)N2CCCCCC2)c1. The van der Waals surface area contributed by atoms with E-state index in [1.165, 1.54) is 6.07 Å². The second kappa shape index (κ2) is 7.68. The molecule has 28 heavy (non-hydrogen) atoms. The summed E-state index contributed by atoms with van der Waals surface area (Å²) in [6.45, 7) is 3.13. The molecule has 2 aromatic rings. The highest BCUT2D eigenvalue weighted by Crippen LogP contribution is 2.33. The summed E-state index contributed by atoms with van der Waals surface area (Å²) in [4.78, 5) is 15.2. The number of sulfonamides is 1. The van der Waals surface area contributed by atoms with E-state index in [-0.39, 0.29) is 16.8 Å². The summed E-state index contributed by atoms with van der Waals surface area (Å²) in [7, 11) is -3.58. The smallest absolute Gasteiger partial charge is 0.258 e. The summed E-state index contributed by atoms with van der Waals surface area (Å²) < 4.78 is 27.8. The molecule has 0 bridgehead atoms. The third-order valence-electron chi connectivity index (χ3n) is 5.71. The van der Waals surface area contributed by atoms with E-state index in [1.54, 1.807) is 27.4 Å². The molecule has 2 aliphatic rings. The molecule has 2 aromatic carbocycles. The first-order valence-corrected chi connectivity index (χ1v) is 11.4. The Bertz CT molecular complexity index is 979. The van der Waals surface area contributed by atoms with Crippen LogP contribution in [-0.2, 0) is 16.4 Å². The maximum atomic E-state index is 13.2. The van der Waals surface area contributed by atoms with Crippen molar-refractivity contribution in [2.75, 3.05) is 18.0 Å². The maximum Gasteiger partial charge on any atom is 0.258 e. The van der Waals surface area contributed by atoms with Crippen molar-refractivity contribution in [1.82, 2.24) is 4.31 Å². The van der Waals surface area contributed by atoms with Crippen molar-refractivity contribution in [3.05, 3.63) is 59.7 Å². The van der Waals surface area contributed by atoms with Crippen LogP contribution in [0.25, 0.3) is 0 Å². The highest BCUT2D eigenvalue weighted by Gasteiger charge is 2.32. The third kappa shape index (κ3) is 3.47. The molecule has 1 fully saturated rings. The molecule has 0 saturated carbocycles. The Morgan fingerprint density at radius 3 is 2.43 bits per heavy atom. The van der Waals surface area contributed by atoms with Crippen LogP contribution in [0.4, 0.5) is 5.69 Å². The van der Waals surface area contributed by atoms with Crippen LogP contribution in [0.5, 0.6) is 0 Å². The van der Waals surface area contributed by atoms with Crippen molar-refractivity contribution in [3.63, 3.8) is 0 Å². The number of nitrogens with zero attached hydrogens (tertiary/aromatic N) is 2. The van der Waals surface area contributed by atoms with Gasteiger partial charge in [0, 0.05) is 30.4 Å². The second-order valence-electron chi connectivity index (χ2n) is 7.70. The van der Waals surface area contributed by atoms with Crippen LogP contribution in [0.2, 0.25) is 0 Å². The number of rotatable bonds is 3. The molecule has 1 atom stereocenters. The largest absolute Gasteiger partial charge is 0.305 e. The summed E-state index contributed by atoms with van der Waals surface area (Å²) in [5.41, 5.74) is 2.48. The zero-order valence-electron chi connectivity index (χ0n) is 16.2. The number of hydrogen-bond donors (Lipinski definition) is 0. The quantitative estimate of drug-likeness (QED) is 0.789. The van der Waals surface area contributed by atoms with E-state index in [9.17, 15) is 13.2 Å². The van der Waals surface area contributed by atoms with Crippen LogP contribution in [0.15, 0.2) is 53.4 Å². The number of para-hydroxylation sites is 1. The van der Waals surface area contributed by atoms with Gasteiger partial charge in [0.05, 0.1) is 4.90 Å². The predicted molar refractivity (Wildman–Crippen MR) is 110 cm³/mol. The first-order valence-electron chi connectivity index (χ1n) is 10.00. The fourth-order valence-electron chi connectivity index (χ4n) is 4.23. The summed E-state index contributed by atoms with van der Waals surface area (Å²) in [5, 5.41) is 0. The third-order valence-corrected chi connectivity index (χ3v) is 7.60. The van der Waals surface area contributed by atoms with Crippen LogP contribution >= 0.6 is 0 Å². The van der Waals surface area contributed by atoms with Crippen molar-refractivity contribution in [3.8, 4) is 0 Å². The molecule has 0 aliphatic carbocycles. The zero-order valence-corrected chi connectivity index (χ0v) is 17.0. The van der Waals surface area contributed by atoms with Gasteiger partial charge in [-0.3, -0.25) is 4.79 Å². The Balaban J connectivity index is 1.65. The molecule has 0 aromatic heterocycles. The number of benzene rings is 2. The van der Waals surface area contributed by atoms with Gasteiger partial charge in [0.25, 0.3) is 5.91 Å². The Kier molecular flexibility index (Phi) is 5.25. The lowest BCUT2D eigenvalue weighted by Gasteiger charge is -2.24. The Morgan fingerprint density at radius 1 is 0.964 bits per heavy atom. The minimum atomic E-state index is -3.58. The highest BCUT2D eigenvalue weighted by molar-refractivity contribution is 7.89. The number of amides is 1. The number of carbonyl (C=O) groups is 1. The molecule has 1 saturated heterocycles. The molecule has 0 N–H and O–H groups in total. The highest BCUT2D eigenvalue weighted by atomic mass is 32.2. The summed E-state index contributed by atoms with van der Waals surface area (Å²) in [6, 6.07) is 14.5. The van der Waals surface area contributed by atoms with Crippen LogP contribution in [0.3, 0.4) is 0 Å². The number of hydrogen-bond acceptors (Lipinski definition) is 3. The molecule has 2 heterocycles. The zero-order chi connectivity index (χ0) is 19.7. The number of anilines is 1. The number of carbonyl (C=O) groups excluding carboxylic acids is 1. The minimum absolute atomic E-state index is 0.0516. The molecule has 6 heteroatoms. The molecular weight excluding hydrogens is 372 g/mol. The maximum absolute atomic E-state index is 13.2. The van der Waals surface area contributed by atoms with E-state index in [1.807, 2.05) is 31.2 Å². The van der Waals surface area contributed by atoms with Crippen LogP contribution in [0.1, 0.15) is 48.5 Å². The van der Waals surface area contributed by atoms with Gasteiger partial charge in [-0.1, -0.05) is 37.1 Å². The molecule has 1 unspecified atom stereocenters. The Morgan fingerprint density at radius 2 is 1.68 bits per heavy atom. The van der Waals surface area contributed by atoms with Gasteiger partial charge in [0.1, 0.15) is 0 Å². The average molecular weight is 399 g/mol. The van der Waals surface area contributed by atoms with Gasteiger partial charge in [-0.25, -0.2) is 8.42 Å². The lowest BCUT2D eigenvalue weighted by atomic mass is 10.1. The second-order valence-corrected chi connectivity index (χ2v) is 9.64. The van der Waals surface area contributed by atoms with Gasteiger partial charge in [-0.05, 0) is 56.0 Å². The summed E-state index contributed by atoms with van der Waals surface area (Å²) in [5.74, 6) is -0.148. The minimum Gasteiger partial charge on any atom is -0.305 e. The van der Waals surface area contributed by atoms with Crippen LogP contribution in [-0.4, -0.2) is 37.8 Å². The van der Waals surface area contributed by atoms with Crippen molar-refractivity contribution in [2.45, 2.75) is 50.0 Å². The predicted octanol–water partition coefficient (Wildman–Crippen LogP) is 3.84. The molecule has 2 aliphatic heterocycles. The van der Waals surface area contributed by atoms with E-state index >= 15 is 0 Å². The molecule has 0 spiro atoms. The van der Waals surface area contributed by atoms with Crippen molar-refractivity contribution in [2.24, 2.45) is 0 Å². The first kappa shape index (κ1) is 19.2. The lowest BCUT2D eigenvalue weighted by Crippen LogP contribution is -2.36. The summed E-state index contributed by atoms with van der Waals surface area (Å²) >= 11 is 0. The van der Waals surface area contributed by atoms with Gasteiger partial charge in [-0.2, -0.15) is 4.31 Å². The molecule has 0 radical (unpaired) electrons. The van der Waals surface area contributed by atoms with Crippen molar-refractivity contribution in [1.29, 1.82) is 0 Å². The lowest BCUT2D eigenvalue weighted by molar-refractivity contribution is 0.0981. The normalized spacial score (nSPS) is 20.6. The van der Waals surface area contributed by atoms with Crippen LogP contribution in [0, 0.1) is 0 Å². The molecule has 4 rings (SSSR count). The molecule has 148 valence electrons. The number of fused-ring (bicyclic) bond motifs is 1. The molecule has 5 nitrogen and oxygen atoms in total. The van der Waals surface area contributed by atoms with Gasteiger partial charge < -0.3 is 4.90 Å². The topological polar surface area (TPSA) is 57.7 Å². The van der Waals surface area contributed by atoms with Crippen molar-refractivity contribution < 1.29 is 13.2 Å². The van der Waals surface area contributed by atoms with Gasteiger partial charge in [0.2, 0.25) is 10.0 Å². The molecule has 1 amide bonds. The fraction of sp³-hybridized carbons (Fsp3) is 0.409. The monoisotopic (exact) mass is 398 g/mol. The Hall–Kier alpha value is -2.18. The summed E-state index contributed by atoms with van der Waals surface area (Å²) in [6.07, 6.45) is 4.72. The van der Waals surface area contributed by atoms with E-state index in [0.29, 0.717) is 18.7 Å². The van der Waals surface area contributed by atoms with Crippen molar-refractivity contribution >= 4 is 21.6 Å². The Labute approximate surface area is 167 Å². The molecular formula is C22H26N2O3S. The van der Waals surface area contributed by atoms with E-state index in [4.69, 9.17) is 0 Å². The van der Waals surface area contributed by atoms with Gasteiger partial charge in [-0.15, -0.1) is 0 Å². The van der Waals surface area contributed by atoms with E-state index in [0.717, 1.165) is 43.4 Å². The van der Waals surface area contributed by atoms with E-state index in [2.05, 4.69) is 0 Å². The van der Waals surface area contributed by atoms with Gasteiger partial charge >= 0.3 is 0 Å².